The predicted octanol–water partition coefficient (Wildman–Crippen LogP) is 2.91. The van der Waals surface area contributed by atoms with Gasteiger partial charge in [0.2, 0.25) is 10.1 Å². The van der Waals surface area contributed by atoms with E-state index in [0.717, 1.165) is 0 Å². The molecule has 0 radical (unpaired) electrons. The monoisotopic (exact) mass is 339 g/mol. The van der Waals surface area contributed by atoms with Crippen molar-refractivity contribution in [3.05, 3.63) is 21.9 Å². The standard InChI is InChI=1S/C10H9ClF3N5OS/c1-4-6(11)3-19(18-4)5(2)7(20)15-9-17-16-8(21-9)10(12,13)14/h3,5H,1-2H3,(H,15,17,20). The number of nitrogens with zero attached hydrogens (tertiary/aromatic N) is 4. The fraction of sp³-hybridized carbons (Fsp3) is 0.400. The van der Waals surface area contributed by atoms with Gasteiger partial charge in [-0.2, -0.15) is 18.3 Å². The van der Waals surface area contributed by atoms with Gasteiger partial charge in [-0.05, 0) is 13.8 Å². The second kappa shape index (κ2) is 5.60. The van der Waals surface area contributed by atoms with Gasteiger partial charge in [-0.1, -0.05) is 22.9 Å². The van der Waals surface area contributed by atoms with E-state index in [2.05, 4.69) is 20.6 Å². The molecule has 1 amide bonds. The first kappa shape index (κ1) is 15.7. The zero-order chi connectivity index (χ0) is 15.8. The summed E-state index contributed by atoms with van der Waals surface area (Å²) in [5, 5.41) is 11.6. The van der Waals surface area contributed by atoms with Gasteiger partial charge in [0, 0.05) is 6.20 Å². The molecule has 2 heterocycles. The number of hydrogen-bond donors (Lipinski definition) is 1. The van der Waals surface area contributed by atoms with Crippen LogP contribution in [-0.2, 0) is 11.0 Å². The third-order valence-corrected chi connectivity index (χ3v) is 3.79. The summed E-state index contributed by atoms with van der Waals surface area (Å²) in [5.41, 5.74) is 0.548. The van der Waals surface area contributed by atoms with E-state index in [-0.39, 0.29) is 16.5 Å². The topological polar surface area (TPSA) is 72.7 Å². The lowest BCUT2D eigenvalue weighted by Crippen LogP contribution is -2.24. The molecule has 0 bridgehead atoms. The highest BCUT2D eigenvalue weighted by Crippen LogP contribution is 2.33. The Bertz CT molecular complexity index is 648. The molecule has 6 nitrogen and oxygen atoms in total. The molecule has 2 aromatic rings. The quantitative estimate of drug-likeness (QED) is 0.933. The van der Waals surface area contributed by atoms with Crippen LogP contribution in [0.3, 0.4) is 0 Å². The van der Waals surface area contributed by atoms with Crippen LogP contribution < -0.4 is 5.32 Å². The summed E-state index contributed by atoms with van der Waals surface area (Å²) in [7, 11) is 0. The minimum Gasteiger partial charge on any atom is -0.299 e. The Balaban J connectivity index is 2.09. The van der Waals surface area contributed by atoms with E-state index in [0.29, 0.717) is 10.7 Å². The molecule has 11 heteroatoms. The Kier molecular flexibility index (Phi) is 4.19. The van der Waals surface area contributed by atoms with Crippen LogP contribution in [0.15, 0.2) is 6.20 Å². The summed E-state index contributed by atoms with van der Waals surface area (Å²) in [5.74, 6) is -0.570. The molecule has 0 aliphatic carbocycles. The number of anilines is 1. The molecule has 2 rings (SSSR count). The molecule has 1 N–H and O–H groups in total. The van der Waals surface area contributed by atoms with Gasteiger partial charge in [0.1, 0.15) is 6.04 Å². The smallest absolute Gasteiger partial charge is 0.299 e. The average Bonchev–Trinajstić information content (AvgIpc) is 2.96. The Morgan fingerprint density at radius 1 is 1.48 bits per heavy atom. The number of carbonyl (C=O) groups is 1. The minimum atomic E-state index is -4.58. The summed E-state index contributed by atoms with van der Waals surface area (Å²) in [6.07, 6.45) is -3.12. The van der Waals surface area contributed by atoms with Gasteiger partial charge in [-0.15, -0.1) is 10.2 Å². The fourth-order valence-electron chi connectivity index (χ4n) is 1.38. The van der Waals surface area contributed by atoms with E-state index in [4.69, 9.17) is 11.6 Å². The van der Waals surface area contributed by atoms with Crippen LogP contribution in [-0.4, -0.2) is 25.9 Å². The molecular weight excluding hydrogens is 331 g/mol. The largest absolute Gasteiger partial charge is 0.445 e. The Labute approximate surface area is 125 Å². The van der Waals surface area contributed by atoms with E-state index in [1.54, 1.807) is 6.92 Å². The van der Waals surface area contributed by atoms with Crippen molar-refractivity contribution in [1.82, 2.24) is 20.0 Å². The molecular formula is C10H9ClF3N5OS. The van der Waals surface area contributed by atoms with Crippen molar-refractivity contribution >= 4 is 34.0 Å². The van der Waals surface area contributed by atoms with Crippen molar-refractivity contribution in [3.8, 4) is 0 Å². The number of amides is 1. The van der Waals surface area contributed by atoms with Crippen molar-refractivity contribution in [3.63, 3.8) is 0 Å². The van der Waals surface area contributed by atoms with E-state index < -0.39 is 23.1 Å². The molecule has 1 atom stereocenters. The van der Waals surface area contributed by atoms with Crippen molar-refractivity contribution in [2.75, 3.05) is 5.32 Å². The Hall–Kier alpha value is -1.68. The van der Waals surface area contributed by atoms with Gasteiger partial charge in [-0.3, -0.25) is 14.8 Å². The summed E-state index contributed by atoms with van der Waals surface area (Å²) < 4.78 is 38.4. The zero-order valence-corrected chi connectivity index (χ0v) is 12.3. The first-order chi connectivity index (χ1) is 9.68. The van der Waals surface area contributed by atoms with Gasteiger partial charge in [-0.25, -0.2) is 0 Å². The van der Waals surface area contributed by atoms with Crippen molar-refractivity contribution < 1.29 is 18.0 Å². The van der Waals surface area contributed by atoms with Gasteiger partial charge in [0.05, 0.1) is 10.7 Å². The minimum absolute atomic E-state index is 0.228. The van der Waals surface area contributed by atoms with Gasteiger partial charge < -0.3 is 0 Å². The highest BCUT2D eigenvalue weighted by atomic mass is 35.5. The maximum absolute atomic E-state index is 12.4. The predicted molar refractivity (Wildman–Crippen MR) is 70.2 cm³/mol. The van der Waals surface area contributed by atoms with Gasteiger partial charge in [0.15, 0.2) is 0 Å². The second-order valence-electron chi connectivity index (χ2n) is 4.12. The molecule has 0 aromatic carbocycles. The Morgan fingerprint density at radius 2 is 2.14 bits per heavy atom. The third kappa shape index (κ3) is 3.50. The molecule has 21 heavy (non-hydrogen) atoms. The molecule has 0 saturated heterocycles. The number of nitrogens with one attached hydrogen (secondary N) is 1. The maximum atomic E-state index is 12.4. The van der Waals surface area contributed by atoms with Crippen LogP contribution in [0.4, 0.5) is 18.3 Å². The highest BCUT2D eigenvalue weighted by Gasteiger charge is 2.36. The van der Waals surface area contributed by atoms with Crippen molar-refractivity contribution in [1.29, 1.82) is 0 Å². The molecule has 0 aliphatic heterocycles. The fourth-order valence-corrected chi connectivity index (χ4v) is 2.13. The van der Waals surface area contributed by atoms with Gasteiger partial charge in [0.25, 0.3) is 5.91 Å². The summed E-state index contributed by atoms with van der Waals surface area (Å²) in [4.78, 5) is 11.9. The number of hydrogen-bond acceptors (Lipinski definition) is 5. The molecule has 2 aromatic heterocycles. The van der Waals surface area contributed by atoms with Crippen LogP contribution in [0.1, 0.15) is 23.7 Å². The lowest BCUT2D eigenvalue weighted by Gasteiger charge is -2.10. The van der Waals surface area contributed by atoms with Crippen LogP contribution in [0.2, 0.25) is 5.02 Å². The highest BCUT2D eigenvalue weighted by molar-refractivity contribution is 7.15. The first-order valence-electron chi connectivity index (χ1n) is 5.61. The zero-order valence-electron chi connectivity index (χ0n) is 10.8. The van der Waals surface area contributed by atoms with Crippen LogP contribution in [0.5, 0.6) is 0 Å². The summed E-state index contributed by atoms with van der Waals surface area (Å²) in [6.45, 7) is 3.20. The number of alkyl halides is 3. The maximum Gasteiger partial charge on any atom is 0.445 e. The number of rotatable bonds is 3. The second-order valence-corrected chi connectivity index (χ2v) is 5.50. The van der Waals surface area contributed by atoms with Gasteiger partial charge >= 0.3 is 6.18 Å². The molecule has 0 aliphatic rings. The number of carbonyl (C=O) groups excluding carboxylic acids is 1. The van der Waals surface area contributed by atoms with Crippen molar-refractivity contribution in [2.24, 2.45) is 0 Å². The lowest BCUT2D eigenvalue weighted by molar-refractivity contribution is -0.138. The normalized spacial score (nSPS) is 13.2. The van der Waals surface area contributed by atoms with Crippen LogP contribution in [0.25, 0.3) is 0 Å². The van der Waals surface area contributed by atoms with E-state index in [9.17, 15) is 18.0 Å². The molecule has 1 unspecified atom stereocenters. The molecule has 0 fully saturated rings. The SMILES string of the molecule is Cc1nn(C(C)C(=O)Nc2nnc(C(F)(F)F)s2)cc1Cl. The molecule has 0 spiro atoms. The van der Waals surface area contributed by atoms with Crippen LogP contribution in [0, 0.1) is 6.92 Å². The third-order valence-electron chi connectivity index (χ3n) is 2.53. The van der Waals surface area contributed by atoms with E-state index >= 15 is 0 Å². The molecule has 0 saturated carbocycles. The Morgan fingerprint density at radius 3 is 2.62 bits per heavy atom. The summed E-state index contributed by atoms with van der Waals surface area (Å²) >= 11 is 6.09. The summed E-state index contributed by atoms with van der Waals surface area (Å²) in [6, 6.07) is -0.755. The number of aryl methyl sites for hydroxylation is 1. The van der Waals surface area contributed by atoms with Crippen LogP contribution >= 0.6 is 22.9 Å². The average molecular weight is 340 g/mol. The first-order valence-corrected chi connectivity index (χ1v) is 6.80. The molecule has 114 valence electrons. The number of halogens is 4. The number of aromatic nitrogens is 4. The lowest BCUT2D eigenvalue weighted by atomic mass is 10.3. The van der Waals surface area contributed by atoms with E-state index in [1.165, 1.54) is 17.8 Å². The van der Waals surface area contributed by atoms with E-state index in [1.807, 2.05) is 0 Å². The van der Waals surface area contributed by atoms with Crippen molar-refractivity contribution in [2.45, 2.75) is 26.1 Å².